The van der Waals surface area contributed by atoms with E-state index in [0.29, 0.717) is 22.2 Å². The molecule has 35 heavy (non-hydrogen) atoms. The van der Waals surface area contributed by atoms with E-state index in [1.807, 2.05) is 6.07 Å². The minimum atomic E-state index is 0.677. The average Bonchev–Trinajstić information content (AvgIpc) is 3.16. The standard InChI is InChI=1S/C27H48.C6H8N2/c1-19(2)9-8-10-20(3)23-14-15-24-22-13-12-21-11-6-7-17-26(21,4)25(22)16-18-27(23,24)5;7-5-2-1-3-6(8)4-5/h19-25H,6-18H2,1-5H3;1-4H,7-8H2/t20-,21?,22+,23-,24+,25+,26+,27-;/m1./s1. The number of hydrogen-bond acceptors (Lipinski definition) is 2. The van der Waals surface area contributed by atoms with Gasteiger partial charge in [-0.1, -0.05) is 72.8 Å². The molecule has 1 aromatic rings. The van der Waals surface area contributed by atoms with Gasteiger partial charge in [0.15, 0.2) is 0 Å². The van der Waals surface area contributed by atoms with E-state index in [2.05, 4.69) is 34.6 Å². The Bertz CT molecular complexity index is 800. The van der Waals surface area contributed by atoms with E-state index in [9.17, 15) is 0 Å². The predicted octanol–water partition coefficient (Wildman–Crippen LogP) is 9.35. The first-order valence-corrected chi connectivity index (χ1v) is 15.3. The summed E-state index contributed by atoms with van der Waals surface area (Å²) in [5.41, 5.74) is 13.6. The van der Waals surface area contributed by atoms with E-state index in [-0.39, 0.29) is 0 Å². The van der Waals surface area contributed by atoms with Crippen molar-refractivity contribution in [2.24, 2.45) is 52.3 Å². The summed E-state index contributed by atoms with van der Waals surface area (Å²) in [5, 5.41) is 0. The third-order valence-corrected chi connectivity index (χ3v) is 11.7. The fraction of sp³-hybridized carbons (Fsp3) is 0.818. The van der Waals surface area contributed by atoms with Crippen LogP contribution in [0.5, 0.6) is 0 Å². The van der Waals surface area contributed by atoms with Gasteiger partial charge in [-0.05, 0) is 122 Å². The van der Waals surface area contributed by atoms with Gasteiger partial charge in [-0.15, -0.1) is 0 Å². The van der Waals surface area contributed by atoms with Gasteiger partial charge in [0.1, 0.15) is 0 Å². The molecule has 5 rings (SSSR count). The van der Waals surface area contributed by atoms with E-state index in [0.717, 1.165) is 41.4 Å². The molecule has 0 heterocycles. The van der Waals surface area contributed by atoms with Crippen molar-refractivity contribution in [1.29, 1.82) is 0 Å². The molecular weight excluding hydrogens is 424 g/mol. The number of nitrogens with two attached hydrogens (primary N) is 2. The van der Waals surface area contributed by atoms with Crippen molar-refractivity contribution in [3.8, 4) is 0 Å². The Kier molecular flexibility index (Phi) is 8.49. The van der Waals surface area contributed by atoms with Crippen LogP contribution in [0, 0.1) is 52.3 Å². The van der Waals surface area contributed by atoms with Gasteiger partial charge in [0.2, 0.25) is 0 Å². The Morgan fingerprint density at radius 1 is 0.800 bits per heavy atom. The van der Waals surface area contributed by atoms with Crippen LogP contribution in [0.25, 0.3) is 0 Å². The highest BCUT2D eigenvalue weighted by atomic mass is 14.6. The summed E-state index contributed by atoms with van der Waals surface area (Å²) in [7, 11) is 0. The maximum atomic E-state index is 5.38. The third-order valence-electron chi connectivity index (χ3n) is 11.7. The molecule has 0 bridgehead atoms. The number of rotatable bonds is 5. The average molecular weight is 481 g/mol. The fourth-order valence-electron chi connectivity index (χ4n) is 9.88. The molecular formula is C33H56N2. The lowest BCUT2D eigenvalue weighted by atomic mass is 9.44. The van der Waals surface area contributed by atoms with E-state index < -0.39 is 0 Å². The van der Waals surface area contributed by atoms with Crippen LogP contribution in [0.15, 0.2) is 24.3 Å². The van der Waals surface area contributed by atoms with Crippen LogP contribution in [-0.4, -0.2) is 0 Å². The van der Waals surface area contributed by atoms with Crippen molar-refractivity contribution in [2.45, 2.75) is 118 Å². The van der Waals surface area contributed by atoms with Crippen LogP contribution < -0.4 is 11.5 Å². The molecule has 4 aliphatic carbocycles. The second kappa shape index (κ2) is 11.1. The molecule has 1 unspecified atom stereocenters. The molecule has 8 atom stereocenters. The lowest BCUT2D eigenvalue weighted by molar-refractivity contribution is -0.114. The van der Waals surface area contributed by atoms with Gasteiger partial charge >= 0.3 is 0 Å². The first kappa shape index (κ1) is 26.9. The van der Waals surface area contributed by atoms with Crippen LogP contribution in [0.3, 0.4) is 0 Å². The Balaban J connectivity index is 0.000000308. The Hall–Kier alpha value is -1.18. The lowest BCUT2D eigenvalue weighted by Crippen LogP contribution is -2.53. The third kappa shape index (κ3) is 5.57. The van der Waals surface area contributed by atoms with E-state index >= 15 is 0 Å². The van der Waals surface area contributed by atoms with E-state index in [4.69, 9.17) is 11.5 Å². The molecule has 2 heteroatoms. The van der Waals surface area contributed by atoms with Gasteiger partial charge < -0.3 is 11.5 Å². The second-order valence-corrected chi connectivity index (χ2v) is 14.1. The van der Waals surface area contributed by atoms with Gasteiger partial charge in [0.25, 0.3) is 0 Å². The molecule has 0 radical (unpaired) electrons. The van der Waals surface area contributed by atoms with Gasteiger partial charge in [0, 0.05) is 11.4 Å². The van der Waals surface area contributed by atoms with E-state index in [1.165, 1.54) is 32.1 Å². The van der Waals surface area contributed by atoms with Crippen molar-refractivity contribution in [1.82, 2.24) is 0 Å². The zero-order valence-corrected chi connectivity index (χ0v) is 23.7. The normalized spacial score (nSPS) is 39.1. The molecule has 4 saturated carbocycles. The molecule has 2 nitrogen and oxygen atoms in total. The SMILES string of the molecule is CC(C)CCC[C@@H](C)[C@H]1CC[C@H]2[C@@H]3CCC4CCCC[C@]4(C)[C@H]3CC[C@]12C.Nc1cccc(N)c1. The maximum Gasteiger partial charge on any atom is 0.0334 e. The largest absolute Gasteiger partial charge is 0.399 e. The first-order chi connectivity index (χ1) is 16.6. The highest BCUT2D eigenvalue weighted by Crippen LogP contribution is 2.68. The van der Waals surface area contributed by atoms with Crippen LogP contribution in [0.4, 0.5) is 11.4 Å². The van der Waals surface area contributed by atoms with Gasteiger partial charge in [-0.2, -0.15) is 0 Å². The van der Waals surface area contributed by atoms with Crippen LogP contribution in [-0.2, 0) is 0 Å². The van der Waals surface area contributed by atoms with Crippen molar-refractivity contribution in [2.75, 3.05) is 11.5 Å². The van der Waals surface area contributed by atoms with Gasteiger partial charge in [-0.3, -0.25) is 0 Å². The van der Waals surface area contributed by atoms with E-state index in [1.54, 1.807) is 69.6 Å². The Morgan fingerprint density at radius 3 is 2.17 bits per heavy atom. The second-order valence-electron chi connectivity index (χ2n) is 14.1. The summed E-state index contributed by atoms with van der Waals surface area (Å²) in [5.74, 6) is 7.15. The van der Waals surface area contributed by atoms with Crippen LogP contribution >= 0.6 is 0 Å². The minimum absolute atomic E-state index is 0.677. The summed E-state index contributed by atoms with van der Waals surface area (Å²) in [6, 6.07) is 7.15. The molecule has 198 valence electrons. The Morgan fingerprint density at radius 2 is 1.51 bits per heavy atom. The zero-order valence-electron chi connectivity index (χ0n) is 23.7. The van der Waals surface area contributed by atoms with Gasteiger partial charge in [-0.25, -0.2) is 0 Å². The summed E-state index contributed by atoms with van der Waals surface area (Å²) in [6.45, 7) is 12.9. The number of nitrogen functional groups attached to an aromatic ring is 2. The molecule has 0 saturated heterocycles. The summed E-state index contributed by atoms with van der Waals surface area (Å²) >= 11 is 0. The fourth-order valence-corrected chi connectivity index (χ4v) is 9.88. The monoisotopic (exact) mass is 480 g/mol. The van der Waals surface area contributed by atoms with Crippen molar-refractivity contribution < 1.29 is 0 Å². The number of fused-ring (bicyclic) bond motifs is 5. The molecule has 0 spiro atoms. The van der Waals surface area contributed by atoms with Crippen LogP contribution in [0.1, 0.15) is 118 Å². The molecule has 0 aliphatic heterocycles. The lowest BCUT2D eigenvalue weighted by Gasteiger charge is -2.61. The highest BCUT2D eigenvalue weighted by molar-refractivity contribution is 5.50. The number of benzene rings is 1. The first-order valence-electron chi connectivity index (χ1n) is 15.3. The highest BCUT2D eigenvalue weighted by Gasteiger charge is 2.59. The molecule has 4 N–H and O–H groups in total. The number of anilines is 2. The molecule has 1 aromatic carbocycles. The molecule has 4 aliphatic rings. The molecule has 0 aromatic heterocycles. The summed E-state index contributed by atoms with van der Waals surface area (Å²) < 4.78 is 0. The number of hydrogen-bond donors (Lipinski definition) is 2. The molecule has 4 fully saturated rings. The Labute approximate surface area is 217 Å². The minimum Gasteiger partial charge on any atom is -0.399 e. The topological polar surface area (TPSA) is 52.0 Å². The zero-order chi connectivity index (χ0) is 25.2. The van der Waals surface area contributed by atoms with Crippen molar-refractivity contribution in [3.05, 3.63) is 24.3 Å². The summed E-state index contributed by atoms with van der Waals surface area (Å²) in [4.78, 5) is 0. The molecule has 0 amide bonds. The van der Waals surface area contributed by atoms with Gasteiger partial charge in [0.05, 0.1) is 0 Å². The van der Waals surface area contributed by atoms with Crippen LogP contribution in [0.2, 0.25) is 0 Å². The smallest absolute Gasteiger partial charge is 0.0334 e. The maximum absolute atomic E-state index is 5.38. The quantitative estimate of drug-likeness (QED) is 0.412. The van der Waals surface area contributed by atoms with Crippen molar-refractivity contribution >= 4 is 11.4 Å². The summed E-state index contributed by atoms with van der Waals surface area (Å²) in [6.07, 6.45) is 19.9. The predicted molar refractivity (Wildman–Crippen MR) is 153 cm³/mol. The van der Waals surface area contributed by atoms with Crippen molar-refractivity contribution in [3.63, 3.8) is 0 Å².